The lowest BCUT2D eigenvalue weighted by Gasteiger charge is -2.19. The van der Waals surface area contributed by atoms with Crippen LogP contribution in [-0.2, 0) is 21.2 Å². The van der Waals surface area contributed by atoms with Gasteiger partial charge in [0.2, 0.25) is 5.91 Å². The Labute approximate surface area is 208 Å². The lowest BCUT2D eigenvalue weighted by atomic mass is 10.2. The zero-order chi connectivity index (χ0) is 24.8. The van der Waals surface area contributed by atoms with Gasteiger partial charge in [0.1, 0.15) is 11.5 Å². The van der Waals surface area contributed by atoms with Crippen molar-refractivity contribution in [1.82, 2.24) is 9.97 Å². The Hall–Kier alpha value is -3.50. The molecule has 0 atom stereocenters. The number of ether oxygens (including phenoxy) is 2. The largest absolute Gasteiger partial charge is 0.497 e. The molecule has 2 aromatic heterocycles. The number of benzene rings is 2. The zero-order valence-corrected chi connectivity index (χ0v) is 21.0. The van der Waals surface area contributed by atoms with Crippen LogP contribution in [0, 0.1) is 0 Å². The summed E-state index contributed by atoms with van der Waals surface area (Å²) in [6.07, 6.45) is 1.91. The third kappa shape index (κ3) is 5.95. The molecule has 2 heterocycles. The minimum absolute atomic E-state index is 0.0570. The van der Waals surface area contributed by atoms with Crippen molar-refractivity contribution < 1.29 is 22.7 Å². The first-order valence-electron chi connectivity index (χ1n) is 10.9. The van der Waals surface area contributed by atoms with E-state index in [2.05, 4.69) is 9.97 Å². The van der Waals surface area contributed by atoms with Gasteiger partial charge in [-0.25, -0.2) is 13.4 Å². The second-order valence-electron chi connectivity index (χ2n) is 7.73. The number of carbonyl (C=O) groups is 1. The van der Waals surface area contributed by atoms with Crippen molar-refractivity contribution in [3.8, 4) is 11.5 Å². The molecule has 182 valence electrons. The number of carbonyl (C=O) groups excluding carboxylic acids is 1. The van der Waals surface area contributed by atoms with E-state index in [0.29, 0.717) is 22.3 Å². The molecule has 0 radical (unpaired) electrons. The summed E-state index contributed by atoms with van der Waals surface area (Å²) in [6, 6.07) is 17.3. The number of thiazole rings is 1. The first kappa shape index (κ1) is 24.6. The van der Waals surface area contributed by atoms with Gasteiger partial charge in [-0.1, -0.05) is 17.4 Å². The number of rotatable bonds is 10. The summed E-state index contributed by atoms with van der Waals surface area (Å²) in [4.78, 5) is 24.0. The number of pyridine rings is 1. The molecule has 0 fully saturated rings. The summed E-state index contributed by atoms with van der Waals surface area (Å²) >= 11 is 1.39. The number of amides is 1. The van der Waals surface area contributed by atoms with Crippen LogP contribution in [0.1, 0.15) is 18.5 Å². The molecule has 1 amide bonds. The van der Waals surface area contributed by atoms with Crippen LogP contribution in [0.5, 0.6) is 11.5 Å². The van der Waals surface area contributed by atoms with E-state index in [1.165, 1.54) is 30.6 Å². The maximum atomic E-state index is 13.3. The Morgan fingerprint density at radius 3 is 2.43 bits per heavy atom. The Morgan fingerprint density at radius 1 is 1.00 bits per heavy atom. The highest BCUT2D eigenvalue weighted by molar-refractivity contribution is 7.91. The summed E-state index contributed by atoms with van der Waals surface area (Å²) < 4.78 is 36.7. The number of sulfone groups is 1. The summed E-state index contributed by atoms with van der Waals surface area (Å²) in [5, 5.41) is 0.530. The van der Waals surface area contributed by atoms with Crippen LogP contribution in [0.4, 0.5) is 5.13 Å². The molecule has 4 rings (SSSR count). The third-order valence-electron chi connectivity index (χ3n) is 5.38. The van der Waals surface area contributed by atoms with E-state index in [0.717, 1.165) is 10.2 Å². The monoisotopic (exact) mass is 511 g/mol. The van der Waals surface area contributed by atoms with Crippen molar-refractivity contribution in [2.24, 2.45) is 0 Å². The fraction of sp³-hybridized carbons (Fsp3) is 0.240. The first-order valence-corrected chi connectivity index (χ1v) is 13.4. The number of hydrogen-bond donors (Lipinski definition) is 0. The normalized spacial score (nSPS) is 11.4. The van der Waals surface area contributed by atoms with E-state index in [1.54, 1.807) is 30.3 Å². The molecular formula is C25H25N3O5S2. The average molecular weight is 512 g/mol. The Morgan fingerprint density at radius 2 is 1.74 bits per heavy atom. The smallest absolute Gasteiger partial charge is 0.229 e. The number of methoxy groups -OCH3 is 2. The van der Waals surface area contributed by atoms with E-state index in [9.17, 15) is 13.2 Å². The molecule has 0 unspecified atom stereocenters. The number of nitrogens with zero attached hydrogens (tertiary/aromatic N) is 3. The average Bonchev–Trinajstić information content (AvgIpc) is 3.30. The van der Waals surface area contributed by atoms with Gasteiger partial charge < -0.3 is 9.47 Å². The van der Waals surface area contributed by atoms with Gasteiger partial charge in [-0.2, -0.15) is 0 Å². The van der Waals surface area contributed by atoms with Gasteiger partial charge in [0.05, 0.1) is 47.3 Å². The highest BCUT2D eigenvalue weighted by Gasteiger charge is 2.22. The molecule has 0 aliphatic carbocycles. The predicted molar refractivity (Wildman–Crippen MR) is 136 cm³/mol. The van der Waals surface area contributed by atoms with Gasteiger partial charge in [0, 0.05) is 18.7 Å². The number of anilines is 1. The fourth-order valence-electron chi connectivity index (χ4n) is 3.50. The summed E-state index contributed by atoms with van der Waals surface area (Å²) in [5.41, 5.74) is 1.44. The van der Waals surface area contributed by atoms with Crippen LogP contribution in [0.2, 0.25) is 0 Å². The van der Waals surface area contributed by atoms with Crippen LogP contribution in [0.15, 0.2) is 71.8 Å². The van der Waals surface area contributed by atoms with Crippen LogP contribution in [0.25, 0.3) is 10.2 Å². The van der Waals surface area contributed by atoms with Crippen molar-refractivity contribution in [1.29, 1.82) is 0 Å². The summed E-state index contributed by atoms with van der Waals surface area (Å²) in [7, 11) is -0.414. The lowest BCUT2D eigenvalue weighted by Crippen LogP contribution is -2.30. The molecule has 8 nitrogen and oxygen atoms in total. The highest BCUT2D eigenvalue weighted by Crippen LogP contribution is 2.32. The maximum Gasteiger partial charge on any atom is 0.229 e. The molecule has 0 aliphatic rings. The van der Waals surface area contributed by atoms with Crippen LogP contribution in [-0.4, -0.2) is 44.3 Å². The fourth-order valence-corrected chi connectivity index (χ4v) is 5.78. The van der Waals surface area contributed by atoms with Gasteiger partial charge in [-0.05, 0) is 55.0 Å². The SMILES string of the molecule is COc1ccc(S(=O)(=O)CCCC(=O)N(Cc2ccccn2)c2nc3cc(OC)ccc3s2)cc1. The van der Waals surface area contributed by atoms with E-state index < -0.39 is 9.84 Å². The molecular weight excluding hydrogens is 486 g/mol. The lowest BCUT2D eigenvalue weighted by molar-refractivity contribution is -0.118. The second-order valence-corrected chi connectivity index (χ2v) is 10.8. The Kier molecular flexibility index (Phi) is 7.62. The predicted octanol–water partition coefficient (Wildman–Crippen LogP) is 4.50. The van der Waals surface area contributed by atoms with Crippen molar-refractivity contribution in [2.45, 2.75) is 24.3 Å². The van der Waals surface area contributed by atoms with Gasteiger partial charge in [-0.3, -0.25) is 14.7 Å². The minimum atomic E-state index is -3.52. The maximum absolute atomic E-state index is 13.3. The quantitative estimate of drug-likeness (QED) is 0.309. The summed E-state index contributed by atoms with van der Waals surface area (Å²) in [6.45, 7) is 0.238. The van der Waals surface area contributed by atoms with Crippen LogP contribution >= 0.6 is 11.3 Å². The molecule has 4 aromatic rings. The molecule has 0 aliphatic heterocycles. The van der Waals surface area contributed by atoms with Crippen molar-refractivity contribution in [3.05, 3.63) is 72.6 Å². The van der Waals surface area contributed by atoms with Gasteiger partial charge in [0.15, 0.2) is 15.0 Å². The molecule has 0 bridgehead atoms. The van der Waals surface area contributed by atoms with Gasteiger partial charge in [-0.15, -0.1) is 0 Å². The Bertz CT molecular complexity index is 1400. The van der Waals surface area contributed by atoms with Gasteiger partial charge >= 0.3 is 0 Å². The van der Waals surface area contributed by atoms with E-state index in [1.807, 2.05) is 36.4 Å². The minimum Gasteiger partial charge on any atom is -0.497 e. The van der Waals surface area contributed by atoms with Crippen molar-refractivity contribution in [2.75, 3.05) is 24.9 Å². The summed E-state index contributed by atoms with van der Waals surface area (Å²) in [5.74, 6) is 0.907. The van der Waals surface area contributed by atoms with E-state index in [4.69, 9.17) is 9.47 Å². The standard InChI is InChI=1S/C25H25N3O5S2/c1-32-19-8-11-21(12-9-19)35(30,31)15-5-7-24(29)28(17-18-6-3-4-14-26-18)25-27-22-16-20(33-2)10-13-23(22)34-25/h3-4,6,8-14,16H,5,7,15,17H2,1-2H3. The molecule has 2 aromatic carbocycles. The molecule has 0 saturated heterocycles. The highest BCUT2D eigenvalue weighted by atomic mass is 32.2. The first-order chi connectivity index (χ1) is 16.9. The zero-order valence-electron chi connectivity index (χ0n) is 19.4. The molecule has 10 heteroatoms. The number of fused-ring (bicyclic) bond motifs is 1. The Balaban J connectivity index is 1.51. The topological polar surface area (TPSA) is 98.7 Å². The third-order valence-corrected chi connectivity index (χ3v) is 8.26. The van der Waals surface area contributed by atoms with Crippen molar-refractivity contribution in [3.63, 3.8) is 0 Å². The molecule has 0 saturated carbocycles. The van der Waals surface area contributed by atoms with Gasteiger partial charge in [0.25, 0.3) is 0 Å². The van der Waals surface area contributed by atoms with Crippen LogP contribution < -0.4 is 14.4 Å². The molecule has 35 heavy (non-hydrogen) atoms. The number of hydrogen-bond acceptors (Lipinski definition) is 8. The van der Waals surface area contributed by atoms with Crippen molar-refractivity contribution >= 4 is 42.4 Å². The molecule has 0 N–H and O–H groups in total. The second kappa shape index (κ2) is 10.8. The van der Waals surface area contributed by atoms with E-state index >= 15 is 0 Å². The number of aromatic nitrogens is 2. The van der Waals surface area contributed by atoms with Crippen LogP contribution in [0.3, 0.4) is 0 Å². The molecule has 0 spiro atoms. The van der Waals surface area contributed by atoms with E-state index in [-0.39, 0.29) is 35.9 Å².